The second-order valence-electron chi connectivity index (χ2n) is 8.61. The van der Waals surface area contributed by atoms with Crippen LogP contribution in [0, 0.1) is 23.3 Å². The molecule has 0 spiro atoms. The summed E-state index contributed by atoms with van der Waals surface area (Å²) in [4.78, 5) is 40.3. The minimum Gasteiger partial charge on any atom is -0.388 e. The Morgan fingerprint density at radius 1 is 0.681 bits per heavy atom. The Morgan fingerprint density at radius 2 is 1.06 bits per heavy atom. The van der Waals surface area contributed by atoms with Crippen molar-refractivity contribution in [1.29, 1.82) is 0 Å². The highest BCUT2D eigenvalue weighted by Gasteiger charge is 2.20. The van der Waals surface area contributed by atoms with Gasteiger partial charge in [-0.25, -0.2) is 0 Å². The van der Waals surface area contributed by atoms with Gasteiger partial charge >= 0.3 is 0 Å². The van der Waals surface area contributed by atoms with Crippen LogP contribution in [0.25, 0.3) is 32.2 Å². The lowest BCUT2D eigenvalue weighted by Gasteiger charge is -2.09. The molecule has 0 bridgehead atoms. The van der Waals surface area contributed by atoms with Crippen molar-refractivity contribution in [3.05, 3.63) is 105 Å². The highest BCUT2D eigenvalue weighted by atomic mass is 16.6. The standard InChI is InChI=1S/C15H15N3O.C14H11N3O3.4C2H6/c1-10(19)12-9-11(5-6-13(12)16-2)14-7-8-15(17-3)18(14)4;1-9(18)11-8-10(4-5-13(11)17(19)20)12-6-7-14(15-2)16(12)3;4*1-2/h5-9,16H,1-2,4H3;4-8H,1,3H3;4*1-2H3. The van der Waals surface area contributed by atoms with E-state index >= 15 is 0 Å². The van der Waals surface area contributed by atoms with Crippen LogP contribution in [0.5, 0.6) is 0 Å². The van der Waals surface area contributed by atoms with Gasteiger partial charge in [-0.2, -0.15) is 0 Å². The van der Waals surface area contributed by atoms with Gasteiger partial charge < -0.3 is 15.0 Å². The largest absolute Gasteiger partial charge is 0.388 e. The molecule has 2 heterocycles. The number of nitrogens with one attached hydrogen (secondary N) is 1. The van der Waals surface area contributed by atoms with Crippen LogP contribution in [0.4, 0.5) is 23.0 Å². The monoisotopic (exact) mass is 642 g/mol. The third kappa shape index (κ3) is 11.4. The zero-order valence-electron chi connectivity index (χ0n) is 30.1. The maximum absolute atomic E-state index is 11.7. The smallest absolute Gasteiger partial charge is 0.280 e. The summed E-state index contributed by atoms with van der Waals surface area (Å²) < 4.78 is 3.50. The van der Waals surface area contributed by atoms with Crippen LogP contribution in [-0.2, 0) is 14.1 Å². The quantitative estimate of drug-likeness (QED) is 0.0974. The fourth-order valence-electron chi connectivity index (χ4n) is 4.15. The van der Waals surface area contributed by atoms with Crippen molar-refractivity contribution in [1.82, 2.24) is 9.13 Å². The van der Waals surface area contributed by atoms with E-state index in [0.29, 0.717) is 22.8 Å². The number of benzene rings is 2. The van der Waals surface area contributed by atoms with Gasteiger partial charge in [0.2, 0.25) is 11.6 Å². The molecule has 0 fully saturated rings. The van der Waals surface area contributed by atoms with Gasteiger partial charge in [0.15, 0.2) is 11.6 Å². The first kappa shape index (κ1) is 43.6. The van der Waals surface area contributed by atoms with Gasteiger partial charge in [0, 0.05) is 35.5 Å². The summed E-state index contributed by atoms with van der Waals surface area (Å²) in [6.07, 6.45) is 0. The molecule has 10 nitrogen and oxygen atoms in total. The lowest BCUT2D eigenvalue weighted by Crippen LogP contribution is -2.01. The maximum Gasteiger partial charge on any atom is 0.280 e. The van der Waals surface area contributed by atoms with Crippen molar-refractivity contribution in [2.24, 2.45) is 14.1 Å². The Balaban J connectivity index is 0. The van der Waals surface area contributed by atoms with Gasteiger partial charge in [-0.15, -0.1) is 0 Å². The number of anilines is 1. The van der Waals surface area contributed by atoms with Crippen LogP contribution < -0.4 is 5.32 Å². The van der Waals surface area contributed by atoms with Crippen molar-refractivity contribution < 1.29 is 14.5 Å². The summed E-state index contributed by atoms with van der Waals surface area (Å²) in [6.45, 7) is 32.9. The molecule has 0 aliphatic rings. The molecule has 252 valence electrons. The third-order valence-corrected chi connectivity index (χ3v) is 6.25. The van der Waals surface area contributed by atoms with E-state index in [9.17, 15) is 19.7 Å². The van der Waals surface area contributed by atoms with Gasteiger partial charge in [-0.3, -0.25) is 28.8 Å². The Bertz CT molecular complexity index is 1680. The van der Waals surface area contributed by atoms with Crippen LogP contribution in [0.2, 0.25) is 0 Å². The first-order chi connectivity index (χ1) is 22.5. The van der Waals surface area contributed by atoms with E-state index in [1.807, 2.05) is 91.3 Å². The van der Waals surface area contributed by atoms with Crippen LogP contribution >= 0.6 is 0 Å². The summed E-state index contributed by atoms with van der Waals surface area (Å²) in [5.74, 6) is 0.698. The molecule has 47 heavy (non-hydrogen) atoms. The van der Waals surface area contributed by atoms with Crippen LogP contribution in [0.15, 0.2) is 60.7 Å². The van der Waals surface area contributed by atoms with E-state index in [2.05, 4.69) is 15.0 Å². The SMILES string of the molecule is CC.CC.CC.CC.[C-]#[N+]c1ccc(-c2ccc(NC)c(C(C)=O)c2)n1C.[C-]#[N+]c1ccc(-c2ccc([N+](=O)[O-])c(C(C)=O)c2)n1C. The Hall–Kier alpha value is -5.48. The molecule has 0 amide bonds. The molecule has 2 aromatic heterocycles. The van der Waals surface area contributed by atoms with E-state index in [-0.39, 0.29) is 22.8 Å². The number of Topliss-reactive ketones (excluding diaryl/α,β-unsaturated/α-hetero) is 2. The van der Waals surface area contributed by atoms with E-state index in [1.165, 1.54) is 19.1 Å². The molecular formula is C37H50N6O4. The summed E-state index contributed by atoms with van der Waals surface area (Å²) >= 11 is 0. The number of rotatable bonds is 6. The van der Waals surface area contributed by atoms with E-state index in [4.69, 9.17) is 13.1 Å². The number of aromatic nitrogens is 2. The van der Waals surface area contributed by atoms with Crippen molar-refractivity contribution in [2.45, 2.75) is 69.2 Å². The van der Waals surface area contributed by atoms with Crippen molar-refractivity contribution >= 4 is 34.6 Å². The van der Waals surface area contributed by atoms with Crippen molar-refractivity contribution in [2.75, 3.05) is 12.4 Å². The number of carbonyl (C=O) groups is 2. The maximum atomic E-state index is 11.7. The second kappa shape index (κ2) is 22.9. The zero-order chi connectivity index (χ0) is 36.9. The summed E-state index contributed by atoms with van der Waals surface area (Å²) in [7, 11) is 5.38. The van der Waals surface area contributed by atoms with Crippen LogP contribution in [0.1, 0.15) is 90.0 Å². The lowest BCUT2D eigenvalue weighted by molar-refractivity contribution is -0.385. The molecule has 4 rings (SSSR count). The minimum absolute atomic E-state index is 0.0193. The van der Waals surface area contributed by atoms with E-state index in [1.54, 1.807) is 49.9 Å². The number of nitrogens with zero attached hydrogens (tertiary/aromatic N) is 5. The average Bonchev–Trinajstić information content (AvgIpc) is 3.68. The molecule has 10 heteroatoms. The van der Waals surface area contributed by atoms with Gasteiger partial charge in [-0.05, 0) is 68.4 Å². The van der Waals surface area contributed by atoms with Crippen LogP contribution in [-0.4, -0.2) is 32.7 Å². The predicted molar refractivity (Wildman–Crippen MR) is 196 cm³/mol. The highest BCUT2D eigenvalue weighted by Crippen LogP contribution is 2.31. The number of nitro groups is 1. The lowest BCUT2D eigenvalue weighted by atomic mass is 10.0. The first-order valence-corrected chi connectivity index (χ1v) is 15.7. The third-order valence-electron chi connectivity index (χ3n) is 6.25. The first-order valence-electron chi connectivity index (χ1n) is 15.7. The number of hydrogen-bond acceptors (Lipinski definition) is 5. The fraction of sp³-hybridized carbons (Fsp3) is 0.351. The summed E-state index contributed by atoms with van der Waals surface area (Å²) in [5, 5.41) is 13.9. The normalized spacial score (nSPS) is 8.83. The molecule has 0 atom stereocenters. The molecule has 0 aliphatic carbocycles. The Morgan fingerprint density at radius 3 is 1.38 bits per heavy atom. The number of hydrogen-bond donors (Lipinski definition) is 1. The molecule has 4 aromatic rings. The molecular weight excluding hydrogens is 592 g/mol. The van der Waals surface area contributed by atoms with E-state index in [0.717, 1.165) is 22.6 Å². The fourth-order valence-corrected chi connectivity index (χ4v) is 4.15. The summed E-state index contributed by atoms with van der Waals surface area (Å²) in [6, 6.07) is 17.2. The number of carbonyl (C=O) groups excluding carboxylic acids is 2. The topological polar surface area (TPSA) is 108 Å². The van der Waals surface area contributed by atoms with Gasteiger partial charge in [0.05, 0.1) is 24.6 Å². The Kier molecular flexibility index (Phi) is 21.3. The van der Waals surface area contributed by atoms with Crippen molar-refractivity contribution in [3.63, 3.8) is 0 Å². The molecule has 0 saturated carbocycles. The molecule has 0 unspecified atom stereocenters. The summed E-state index contributed by atoms with van der Waals surface area (Å²) in [5.41, 5.74) is 4.59. The average molecular weight is 643 g/mol. The molecule has 0 aliphatic heterocycles. The Labute approximate surface area is 280 Å². The molecule has 2 aromatic carbocycles. The van der Waals surface area contributed by atoms with Crippen molar-refractivity contribution in [3.8, 4) is 22.5 Å². The number of nitro benzene ring substituents is 1. The minimum atomic E-state index is -0.573. The van der Waals surface area contributed by atoms with Gasteiger partial charge in [0.1, 0.15) is 11.4 Å². The highest BCUT2D eigenvalue weighted by molar-refractivity contribution is 6.01. The second-order valence-corrected chi connectivity index (χ2v) is 8.61. The van der Waals surface area contributed by atoms with Crippen LogP contribution in [0.3, 0.4) is 0 Å². The molecule has 0 radical (unpaired) electrons. The predicted octanol–water partition coefficient (Wildman–Crippen LogP) is 10.9. The number of ketones is 2. The zero-order valence-corrected chi connectivity index (χ0v) is 30.1. The van der Waals surface area contributed by atoms with Gasteiger partial charge in [-0.1, -0.05) is 68.5 Å². The molecule has 0 saturated heterocycles. The van der Waals surface area contributed by atoms with E-state index < -0.39 is 4.92 Å². The molecule has 1 N–H and O–H groups in total. The van der Waals surface area contributed by atoms with Gasteiger partial charge in [0.25, 0.3) is 5.69 Å².